The Hall–Kier alpha value is -4.75. The Morgan fingerprint density at radius 2 is 1.67 bits per heavy atom. The number of amides is 1. The van der Waals surface area contributed by atoms with Crippen molar-refractivity contribution < 1.29 is 14.3 Å². The lowest BCUT2D eigenvalue weighted by atomic mass is 10.1. The van der Waals surface area contributed by atoms with Crippen LogP contribution in [0.1, 0.15) is 16.7 Å². The molecule has 0 atom stereocenters. The van der Waals surface area contributed by atoms with E-state index in [4.69, 9.17) is 9.47 Å². The molecule has 7 heteroatoms. The number of hydrogen-bond donors (Lipinski definition) is 0. The van der Waals surface area contributed by atoms with E-state index in [9.17, 15) is 15.3 Å². The van der Waals surface area contributed by atoms with Gasteiger partial charge in [-0.25, -0.2) is 0 Å². The van der Waals surface area contributed by atoms with Crippen molar-refractivity contribution in [3.63, 3.8) is 0 Å². The number of carbonyl (C=O) groups excluding carboxylic acids is 1. The number of carbonyl (C=O) groups is 1. The van der Waals surface area contributed by atoms with Crippen molar-refractivity contribution in [3.05, 3.63) is 95.1 Å². The Bertz CT molecular complexity index is 1330. The molecule has 0 N–H and O–H groups in total. The fourth-order valence-corrected chi connectivity index (χ4v) is 4.09. The van der Waals surface area contributed by atoms with Crippen LogP contribution in [-0.4, -0.2) is 44.1 Å². The molecule has 0 aromatic heterocycles. The molecule has 7 nitrogen and oxygen atoms in total. The van der Waals surface area contributed by atoms with Crippen LogP contribution in [0.5, 0.6) is 11.5 Å². The average molecular weight is 479 g/mol. The molecule has 1 saturated heterocycles. The molecule has 1 amide bonds. The summed E-state index contributed by atoms with van der Waals surface area (Å²) >= 11 is 0. The molecule has 180 valence electrons. The van der Waals surface area contributed by atoms with Gasteiger partial charge >= 0.3 is 0 Å². The van der Waals surface area contributed by atoms with Gasteiger partial charge in [-0.3, -0.25) is 4.79 Å². The van der Waals surface area contributed by atoms with Gasteiger partial charge in [0.2, 0.25) is 0 Å². The first-order valence-electron chi connectivity index (χ1n) is 11.6. The van der Waals surface area contributed by atoms with Crippen molar-refractivity contribution in [1.29, 1.82) is 10.5 Å². The second-order valence-electron chi connectivity index (χ2n) is 8.25. The Labute approximate surface area is 211 Å². The highest BCUT2D eigenvalue weighted by molar-refractivity contribution is 6.01. The first kappa shape index (κ1) is 24.4. The highest BCUT2D eigenvalue weighted by Crippen LogP contribution is 2.30. The highest BCUT2D eigenvalue weighted by atomic mass is 16.5. The fourth-order valence-electron chi connectivity index (χ4n) is 4.09. The van der Waals surface area contributed by atoms with E-state index in [1.54, 1.807) is 41.3 Å². The molecule has 0 radical (unpaired) electrons. The second kappa shape index (κ2) is 11.6. The third-order valence-corrected chi connectivity index (χ3v) is 6.06. The molecule has 1 aliphatic heterocycles. The molecule has 0 bridgehead atoms. The lowest BCUT2D eigenvalue weighted by Gasteiger charge is -2.36. The Balaban J connectivity index is 1.43. The third-order valence-electron chi connectivity index (χ3n) is 6.06. The zero-order chi connectivity index (χ0) is 25.3. The van der Waals surface area contributed by atoms with Gasteiger partial charge in [0.15, 0.2) is 11.5 Å². The Kier molecular flexibility index (Phi) is 7.85. The standard InChI is InChI=1S/C29H26N4O3/c1-35-28-18-22(11-12-27(28)36-21-24-8-6-5-7-23(24)19-30)17-25(20-31)29(34)33-15-13-32(14-16-33)26-9-3-2-4-10-26/h2-12,17-18H,13-16,21H2,1H3/b25-17+. The third kappa shape index (κ3) is 5.65. The van der Waals surface area contributed by atoms with Crippen LogP contribution in [0, 0.1) is 22.7 Å². The quantitative estimate of drug-likeness (QED) is 0.369. The van der Waals surface area contributed by atoms with Crippen LogP contribution in [0.2, 0.25) is 0 Å². The van der Waals surface area contributed by atoms with Crippen LogP contribution >= 0.6 is 0 Å². The summed E-state index contributed by atoms with van der Waals surface area (Å²) in [6.07, 6.45) is 1.57. The van der Waals surface area contributed by atoms with E-state index in [-0.39, 0.29) is 18.1 Å². The van der Waals surface area contributed by atoms with Crippen molar-refractivity contribution in [2.24, 2.45) is 0 Å². The number of nitrogens with zero attached hydrogens (tertiary/aromatic N) is 4. The van der Waals surface area contributed by atoms with Crippen molar-refractivity contribution in [3.8, 4) is 23.6 Å². The summed E-state index contributed by atoms with van der Waals surface area (Å²) in [6, 6.07) is 26.8. The summed E-state index contributed by atoms with van der Waals surface area (Å²) in [5.41, 5.74) is 3.19. The maximum atomic E-state index is 13.1. The topological polar surface area (TPSA) is 89.6 Å². The van der Waals surface area contributed by atoms with Crippen molar-refractivity contribution in [2.45, 2.75) is 6.61 Å². The predicted molar refractivity (Wildman–Crippen MR) is 137 cm³/mol. The average Bonchev–Trinajstić information content (AvgIpc) is 2.95. The summed E-state index contributed by atoms with van der Waals surface area (Å²) in [5.74, 6) is 0.696. The fraction of sp³-hybridized carbons (Fsp3) is 0.207. The number of anilines is 1. The monoisotopic (exact) mass is 478 g/mol. The molecule has 1 heterocycles. The van der Waals surface area contributed by atoms with E-state index in [1.165, 1.54) is 7.11 Å². The molecule has 1 fully saturated rings. The van der Waals surface area contributed by atoms with Crippen LogP contribution < -0.4 is 14.4 Å². The lowest BCUT2D eigenvalue weighted by molar-refractivity contribution is -0.126. The van der Waals surface area contributed by atoms with Crippen LogP contribution in [0.3, 0.4) is 0 Å². The summed E-state index contributed by atoms with van der Waals surface area (Å²) in [6.45, 7) is 2.73. The minimum absolute atomic E-state index is 0.0711. The van der Waals surface area contributed by atoms with Gasteiger partial charge in [0.05, 0.1) is 18.7 Å². The van der Waals surface area contributed by atoms with Gasteiger partial charge in [-0.1, -0.05) is 42.5 Å². The number of rotatable bonds is 7. The second-order valence-corrected chi connectivity index (χ2v) is 8.25. The lowest BCUT2D eigenvalue weighted by Crippen LogP contribution is -2.49. The van der Waals surface area contributed by atoms with Gasteiger partial charge in [0.25, 0.3) is 5.91 Å². The predicted octanol–water partition coefficient (Wildman–Crippen LogP) is 4.40. The minimum Gasteiger partial charge on any atom is -0.493 e. The van der Waals surface area contributed by atoms with E-state index in [0.29, 0.717) is 48.8 Å². The molecule has 4 rings (SSSR count). The van der Waals surface area contributed by atoms with Gasteiger partial charge in [0, 0.05) is 37.4 Å². The van der Waals surface area contributed by atoms with Gasteiger partial charge in [-0.2, -0.15) is 10.5 Å². The normalized spacial score (nSPS) is 13.5. The zero-order valence-electron chi connectivity index (χ0n) is 20.1. The van der Waals surface area contributed by atoms with Crippen LogP contribution in [-0.2, 0) is 11.4 Å². The Morgan fingerprint density at radius 3 is 2.36 bits per heavy atom. The van der Waals surface area contributed by atoms with Gasteiger partial charge in [-0.15, -0.1) is 0 Å². The Morgan fingerprint density at radius 1 is 0.944 bits per heavy atom. The number of piperazine rings is 1. The van der Waals surface area contributed by atoms with Crippen LogP contribution in [0.15, 0.2) is 78.4 Å². The number of ether oxygens (including phenoxy) is 2. The number of hydrogen-bond acceptors (Lipinski definition) is 6. The molecule has 3 aromatic carbocycles. The molecule has 0 unspecified atom stereocenters. The maximum Gasteiger partial charge on any atom is 0.264 e. The summed E-state index contributed by atoms with van der Waals surface area (Å²) in [4.78, 5) is 17.0. The van der Waals surface area contributed by atoms with Crippen LogP contribution in [0.4, 0.5) is 5.69 Å². The summed E-state index contributed by atoms with van der Waals surface area (Å²) < 4.78 is 11.4. The molecule has 0 aliphatic carbocycles. The molecule has 0 spiro atoms. The first-order chi connectivity index (χ1) is 17.6. The largest absolute Gasteiger partial charge is 0.493 e. The van der Waals surface area contributed by atoms with E-state index in [2.05, 4.69) is 29.2 Å². The maximum absolute atomic E-state index is 13.1. The highest BCUT2D eigenvalue weighted by Gasteiger charge is 2.24. The minimum atomic E-state index is -0.280. The van der Waals surface area contributed by atoms with Gasteiger partial charge in [0.1, 0.15) is 18.2 Å². The number of para-hydroxylation sites is 1. The van der Waals surface area contributed by atoms with Crippen molar-refractivity contribution >= 4 is 17.7 Å². The van der Waals surface area contributed by atoms with Crippen molar-refractivity contribution in [1.82, 2.24) is 4.90 Å². The van der Waals surface area contributed by atoms with E-state index >= 15 is 0 Å². The van der Waals surface area contributed by atoms with Gasteiger partial charge < -0.3 is 19.3 Å². The van der Waals surface area contributed by atoms with Crippen molar-refractivity contribution in [2.75, 3.05) is 38.2 Å². The molecular weight excluding hydrogens is 452 g/mol. The summed E-state index contributed by atoms with van der Waals surface area (Å²) in [7, 11) is 1.53. The molecule has 0 saturated carbocycles. The smallest absolute Gasteiger partial charge is 0.264 e. The van der Waals surface area contributed by atoms with E-state index < -0.39 is 0 Å². The van der Waals surface area contributed by atoms with E-state index in [1.807, 2.05) is 30.3 Å². The molecule has 1 aliphatic rings. The van der Waals surface area contributed by atoms with Crippen LogP contribution in [0.25, 0.3) is 6.08 Å². The number of benzene rings is 3. The number of methoxy groups -OCH3 is 1. The molecule has 3 aromatic rings. The van der Waals surface area contributed by atoms with E-state index in [0.717, 1.165) is 11.3 Å². The number of nitriles is 2. The SMILES string of the molecule is COc1cc(/C=C(\C#N)C(=O)N2CCN(c3ccccc3)CC2)ccc1OCc1ccccc1C#N. The zero-order valence-corrected chi connectivity index (χ0v) is 20.1. The van der Waals surface area contributed by atoms with Gasteiger partial charge in [-0.05, 0) is 42.0 Å². The molecule has 36 heavy (non-hydrogen) atoms. The first-order valence-corrected chi connectivity index (χ1v) is 11.6. The molecular formula is C29H26N4O3. The summed E-state index contributed by atoms with van der Waals surface area (Å²) in [5, 5.41) is 19.0.